The number of amides is 1. The first-order valence-corrected chi connectivity index (χ1v) is 6.75. The molecular formula is C14H19N5O. The lowest BCUT2D eigenvalue weighted by Crippen LogP contribution is -2.28. The van der Waals surface area contributed by atoms with Crippen molar-refractivity contribution >= 4 is 11.7 Å². The number of rotatable bonds is 7. The van der Waals surface area contributed by atoms with Crippen molar-refractivity contribution in [3.63, 3.8) is 0 Å². The molecular weight excluding hydrogens is 254 g/mol. The first-order chi connectivity index (χ1) is 9.81. The number of nitrogens with zero attached hydrogens (tertiary/aromatic N) is 3. The molecule has 2 N–H and O–H groups in total. The molecule has 0 aromatic carbocycles. The summed E-state index contributed by atoms with van der Waals surface area (Å²) < 4.78 is 1.78. The molecule has 0 atom stereocenters. The summed E-state index contributed by atoms with van der Waals surface area (Å²) in [6.45, 7) is 4.05. The smallest absolute Gasteiger partial charge is 0.255 e. The molecule has 0 unspecified atom stereocenters. The fraction of sp³-hybridized carbons (Fsp3) is 0.357. The molecule has 2 heterocycles. The van der Waals surface area contributed by atoms with Gasteiger partial charge >= 0.3 is 0 Å². The number of carbonyl (C=O) groups excluding carboxylic acids is 1. The fourth-order valence-electron chi connectivity index (χ4n) is 1.78. The van der Waals surface area contributed by atoms with Gasteiger partial charge in [0.2, 0.25) is 0 Å². The van der Waals surface area contributed by atoms with Gasteiger partial charge in [-0.2, -0.15) is 5.10 Å². The first kappa shape index (κ1) is 14.0. The van der Waals surface area contributed by atoms with E-state index in [9.17, 15) is 4.79 Å². The van der Waals surface area contributed by atoms with Crippen LogP contribution in [0.15, 0.2) is 36.8 Å². The first-order valence-electron chi connectivity index (χ1n) is 6.75. The highest BCUT2D eigenvalue weighted by molar-refractivity contribution is 5.98. The summed E-state index contributed by atoms with van der Waals surface area (Å²) in [7, 11) is 0. The molecule has 0 aliphatic heterocycles. The number of carbonyl (C=O) groups is 1. The Kier molecular flexibility index (Phi) is 5.11. The Bertz CT molecular complexity index is 538. The molecule has 0 aliphatic carbocycles. The Morgan fingerprint density at radius 2 is 2.20 bits per heavy atom. The van der Waals surface area contributed by atoms with Crippen molar-refractivity contribution in [2.75, 3.05) is 18.4 Å². The quantitative estimate of drug-likeness (QED) is 0.802. The molecule has 1 amide bonds. The molecule has 0 fully saturated rings. The van der Waals surface area contributed by atoms with Gasteiger partial charge in [-0.3, -0.25) is 9.48 Å². The van der Waals surface area contributed by atoms with Crippen LogP contribution in [0.4, 0.5) is 5.82 Å². The highest BCUT2D eigenvalue weighted by atomic mass is 16.1. The van der Waals surface area contributed by atoms with E-state index in [1.54, 1.807) is 29.2 Å². The van der Waals surface area contributed by atoms with Crippen molar-refractivity contribution < 1.29 is 4.79 Å². The topological polar surface area (TPSA) is 71.8 Å². The third kappa shape index (κ3) is 3.81. The number of nitrogens with one attached hydrogen (secondary N) is 2. The van der Waals surface area contributed by atoms with E-state index < -0.39 is 0 Å². The molecule has 0 saturated carbocycles. The van der Waals surface area contributed by atoms with E-state index in [1.165, 1.54) is 0 Å². The second-order valence-electron chi connectivity index (χ2n) is 4.35. The van der Waals surface area contributed by atoms with Crippen molar-refractivity contribution in [2.24, 2.45) is 0 Å². The van der Waals surface area contributed by atoms with Crippen molar-refractivity contribution in [1.82, 2.24) is 20.1 Å². The number of hydrogen-bond donors (Lipinski definition) is 2. The van der Waals surface area contributed by atoms with Crippen LogP contribution < -0.4 is 10.6 Å². The summed E-state index contributed by atoms with van der Waals surface area (Å²) >= 11 is 0. The van der Waals surface area contributed by atoms with Gasteiger partial charge in [-0.15, -0.1) is 0 Å². The van der Waals surface area contributed by atoms with E-state index in [1.807, 2.05) is 12.3 Å². The molecule has 20 heavy (non-hydrogen) atoms. The fourth-order valence-corrected chi connectivity index (χ4v) is 1.78. The summed E-state index contributed by atoms with van der Waals surface area (Å²) in [5.74, 6) is 0.509. The van der Waals surface area contributed by atoms with E-state index in [-0.39, 0.29) is 5.91 Å². The highest BCUT2D eigenvalue weighted by Crippen LogP contribution is 2.10. The zero-order valence-electron chi connectivity index (χ0n) is 11.5. The average Bonchev–Trinajstić information content (AvgIpc) is 2.98. The van der Waals surface area contributed by atoms with Crippen LogP contribution in [0.25, 0.3) is 0 Å². The van der Waals surface area contributed by atoms with Crippen LogP contribution in [-0.4, -0.2) is 33.8 Å². The minimum Gasteiger partial charge on any atom is -0.369 e. The third-order valence-corrected chi connectivity index (χ3v) is 2.78. The molecule has 0 radical (unpaired) electrons. The van der Waals surface area contributed by atoms with Gasteiger partial charge in [0.05, 0.1) is 12.1 Å². The van der Waals surface area contributed by atoms with E-state index in [4.69, 9.17) is 0 Å². The van der Waals surface area contributed by atoms with Crippen molar-refractivity contribution in [1.29, 1.82) is 0 Å². The van der Waals surface area contributed by atoms with Crippen LogP contribution in [-0.2, 0) is 6.54 Å². The lowest BCUT2D eigenvalue weighted by molar-refractivity contribution is 0.0952. The minimum absolute atomic E-state index is 0.121. The van der Waals surface area contributed by atoms with Crippen LogP contribution in [0, 0.1) is 0 Å². The molecule has 2 aromatic rings. The van der Waals surface area contributed by atoms with Gasteiger partial charge in [-0.1, -0.05) is 6.92 Å². The van der Waals surface area contributed by atoms with Crippen LogP contribution >= 0.6 is 0 Å². The third-order valence-electron chi connectivity index (χ3n) is 2.78. The number of pyridine rings is 1. The average molecular weight is 273 g/mol. The van der Waals surface area contributed by atoms with Crippen LogP contribution in [0.2, 0.25) is 0 Å². The molecule has 0 bridgehead atoms. The highest BCUT2D eigenvalue weighted by Gasteiger charge is 2.11. The Hall–Kier alpha value is -2.37. The molecule has 2 aromatic heterocycles. The minimum atomic E-state index is -0.121. The normalized spacial score (nSPS) is 10.2. The lowest BCUT2D eigenvalue weighted by atomic mass is 10.2. The number of anilines is 1. The molecule has 0 saturated heterocycles. The molecule has 6 nitrogen and oxygen atoms in total. The van der Waals surface area contributed by atoms with Gasteiger partial charge in [0, 0.05) is 31.7 Å². The van der Waals surface area contributed by atoms with Gasteiger partial charge in [0.15, 0.2) is 0 Å². The molecule has 6 heteroatoms. The largest absolute Gasteiger partial charge is 0.369 e. The maximum atomic E-state index is 12.1. The van der Waals surface area contributed by atoms with E-state index in [0.29, 0.717) is 24.5 Å². The van der Waals surface area contributed by atoms with Gasteiger partial charge < -0.3 is 10.6 Å². The van der Waals surface area contributed by atoms with Crippen LogP contribution in [0.1, 0.15) is 23.7 Å². The molecule has 106 valence electrons. The predicted molar refractivity (Wildman–Crippen MR) is 77.6 cm³/mol. The maximum Gasteiger partial charge on any atom is 0.255 e. The van der Waals surface area contributed by atoms with Crippen molar-refractivity contribution in [3.05, 3.63) is 42.4 Å². The van der Waals surface area contributed by atoms with Crippen molar-refractivity contribution in [2.45, 2.75) is 19.9 Å². The standard InChI is InChI=1S/C14H19N5O/c1-2-6-15-13-12(5-3-7-16-13)14(20)17-9-11-19-10-4-8-18-19/h3-5,7-8,10H,2,6,9,11H2,1H3,(H,15,16)(H,17,20). The SMILES string of the molecule is CCCNc1ncccc1C(=O)NCCn1cccn1. The van der Waals surface area contributed by atoms with Gasteiger partial charge in [0.25, 0.3) is 5.91 Å². The Morgan fingerprint density at radius 1 is 1.30 bits per heavy atom. The van der Waals surface area contributed by atoms with Gasteiger partial charge in [-0.05, 0) is 24.6 Å². The van der Waals surface area contributed by atoms with E-state index >= 15 is 0 Å². The van der Waals surface area contributed by atoms with Crippen molar-refractivity contribution in [3.8, 4) is 0 Å². The van der Waals surface area contributed by atoms with Crippen LogP contribution in [0.5, 0.6) is 0 Å². The maximum absolute atomic E-state index is 12.1. The monoisotopic (exact) mass is 273 g/mol. The zero-order valence-corrected chi connectivity index (χ0v) is 11.5. The van der Waals surface area contributed by atoms with Gasteiger partial charge in [-0.25, -0.2) is 4.98 Å². The van der Waals surface area contributed by atoms with E-state index in [2.05, 4.69) is 27.6 Å². The Labute approximate surface area is 118 Å². The molecule has 2 rings (SSSR count). The summed E-state index contributed by atoms with van der Waals surface area (Å²) in [6, 6.07) is 5.39. The van der Waals surface area contributed by atoms with Gasteiger partial charge in [0.1, 0.15) is 5.82 Å². The Morgan fingerprint density at radius 3 is 2.95 bits per heavy atom. The predicted octanol–water partition coefficient (Wildman–Crippen LogP) is 1.53. The van der Waals surface area contributed by atoms with Crippen LogP contribution in [0.3, 0.4) is 0 Å². The summed E-state index contributed by atoms with van der Waals surface area (Å²) in [4.78, 5) is 16.3. The summed E-state index contributed by atoms with van der Waals surface area (Å²) in [5.41, 5.74) is 0.571. The zero-order chi connectivity index (χ0) is 14.2. The summed E-state index contributed by atoms with van der Waals surface area (Å²) in [6.07, 6.45) is 6.25. The number of aromatic nitrogens is 3. The second-order valence-corrected chi connectivity index (χ2v) is 4.35. The lowest BCUT2D eigenvalue weighted by Gasteiger charge is -2.10. The summed E-state index contributed by atoms with van der Waals surface area (Å²) in [5, 5.41) is 10.1. The Balaban J connectivity index is 1.91. The molecule has 0 spiro atoms. The van der Waals surface area contributed by atoms with E-state index in [0.717, 1.165) is 13.0 Å². The molecule has 0 aliphatic rings. The second kappa shape index (κ2) is 7.28. The number of hydrogen-bond acceptors (Lipinski definition) is 4.